The number of aromatic nitrogens is 2. The highest BCUT2D eigenvalue weighted by atomic mass is 35.5. The zero-order valence-electron chi connectivity index (χ0n) is 14.9. The normalized spacial score (nSPS) is 16.8. The lowest BCUT2D eigenvalue weighted by Crippen LogP contribution is -2.42. The molecule has 1 aliphatic rings. The number of rotatable bonds is 4. The number of nitrogens with zero attached hydrogens (tertiary/aromatic N) is 3. The number of benzene rings is 1. The van der Waals surface area contributed by atoms with Crippen molar-refractivity contribution in [2.45, 2.75) is 37.7 Å². The number of halogens is 2. The van der Waals surface area contributed by atoms with Crippen molar-refractivity contribution in [2.75, 3.05) is 13.1 Å². The lowest BCUT2D eigenvalue weighted by atomic mass is 10.1. The second-order valence-corrected chi connectivity index (χ2v) is 8.73. The Kier molecular flexibility index (Phi) is 5.28. The maximum atomic E-state index is 13.9. The molecule has 0 amide bonds. The van der Waals surface area contributed by atoms with Crippen molar-refractivity contribution in [3.05, 3.63) is 40.4 Å². The van der Waals surface area contributed by atoms with E-state index in [2.05, 4.69) is 5.10 Å². The predicted molar refractivity (Wildman–Crippen MR) is 96.5 cm³/mol. The lowest BCUT2D eigenvalue weighted by molar-refractivity contribution is 0.130. The monoisotopic (exact) mass is 401 g/mol. The maximum absolute atomic E-state index is 13.9. The highest BCUT2D eigenvalue weighted by molar-refractivity contribution is 7.89. The van der Waals surface area contributed by atoms with E-state index in [4.69, 9.17) is 16.3 Å². The summed E-state index contributed by atoms with van der Waals surface area (Å²) < 4.78 is 48.5. The van der Waals surface area contributed by atoms with E-state index in [1.165, 1.54) is 16.4 Å². The van der Waals surface area contributed by atoms with E-state index in [-0.39, 0.29) is 16.7 Å². The van der Waals surface area contributed by atoms with Crippen LogP contribution in [0, 0.1) is 19.7 Å². The first kappa shape index (κ1) is 19.1. The van der Waals surface area contributed by atoms with Crippen LogP contribution in [-0.2, 0) is 17.1 Å². The lowest BCUT2D eigenvalue weighted by Gasteiger charge is -2.31. The van der Waals surface area contributed by atoms with Crippen LogP contribution in [0.15, 0.2) is 23.1 Å². The van der Waals surface area contributed by atoms with Gasteiger partial charge in [0.15, 0.2) is 11.6 Å². The van der Waals surface area contributed by atoms with Gasteiger partial charge in [-0.05, 0) is 44.9 Å². The SMILES string of the molecule is Cc1nn(C)c(C)c1S(=O)(=O)N1CCC(Oc2ccc(Cl)cc2F)CC1. The Balaban J connectivity index is 1.70. The zero-order chi connectivity index (χ0) is 19.1. The summed E-state index contributed by atoms with van der Waals surface area (Å²) in [6.45, 7) is 4.07. The van der Waals surface area contributed by atoms with Gasteiger partial charge in [-0.3, -0.25) is 4.68 Å². The molecule has 1 aliphatic heterocycles. The van der Waals surface area contributed by atoms with E-state index in [1.54, 1.807) is 31.6 Å². The van der Waals surface area contributed by atoms with Crippen LogP contribution >= 0.6 is 11.6 Å². The van der Waals surface area contributed by atoms with Crippen molar-refractivity contribution >= 4 is 21.6 Å². The summed E-state index contributed by atoms with van der Waals surface area (Å²) in [5, 5.41) is 4.50. The molecule has 2 heterocycles. The Morgan fingerprint density at radius 1 is 1.27 bits per heavy atom. The highest BCUT2D eigenvalue weighted by Crippen LogP contribution is 2.28. The number of sulfonamides is 1. The third-order valence-corrected chi connectivity index (χ3v) is 7.02. The molecule has 3 rings (SSSR count). The topological polar surface area (TPSA) is 64.4 Å². The molecule has 0 saturated carbocycles. The Morgan fingerprint density at radius 2 is 1.92 bits per heavy atom. The van der Waals surface area contributed by atoms with Crippen LogP contribution in [0.25, 0.3) is 0 Å². The molecule has 0 radical (unpaired) electrons. The first-order valence-corrected chi connectivity index (χ1v) is 10.1. The third-order valence-electron chi connectivity index (χ3n) is 4.63. The van der Waals surface area contributed by atoms with Gasteiger partial charge in [-0.2, -0.15) is 9.40 Å². The molecular formula is C17H21ClFN3O3S. The highest BCUT2D eigenvalue weighted by Gasteiger charge is 2.34. The standard InChI is InChI=1S/C17H21ClFN3O3S/c1-11-17(12(2)21(3)20-11)26(23,24)22-8-6-14(7-9-22)25-16-5-4-13(18)10-15(16)19/h4-5,10,14H,6-9H2,1-3H3. The summed E-state index contributed by atoms with van der Waals surface area (Å²) >= 11 is 5.74. The molecule has 9 heteroatoms. The molecule has 1 aromatic heterocycles. The van der Waals surface area contributed by atoms with E-state index < -0.39 is 15.8 Å². The van der Waals surface area contributed by atoms with E-state index in [0.717, 1.165) is 0 Å². The fourth-order valence-corrected chi connectivity index (χ4v) is 5.23. The molecule has 0 bridgehead atoms. The van der Waals surface area contributed by atoms with Gasteiger partial charge in [0.1, 0.15) is 11.0 Å². The van der Waals surface area contributed by atoms with Crippen LogP contribution in [0.4, 0.5) is 4.39 Å². The number of hydrogen-bond acceptors (Lipinski definition) is 4. The average Bonchev–Trinajstić information content (AvgIpc) is 2.83. The van der Waals surface area contributed by atoms with Crippen molar-refractivity contribution in [3.8, 4) is 5.75 Å². The summed E-state index contributed by atoms with van der Waals surface area (Å²) in [6.07, 6.45) is 0.729. The molecule has 0 unspecified atom stereocenters. The van der Waals surface area contributed by atoms with Crippen LogP contribution in [0.3, 0.4) is 0 Å². The van der Waals surface area contributed by atoms with E-state index in [0.29, 0.717) is 42.3 Å². The fourth-order valence-electron chi connectivity index (χ4n) is 3.20. The average molecular weight is 402 g/mol. The van der Waals surface area contributed by atoms with Gasteiger partial charge in [0.2, 0.25) is 10.0 Å². The predicted octanol–water partition coefficient (Wildman–Crippen LogP) is 3.06. The second kappa shape index (κ2) is 7.17. The Bertz CT molecular complexity index is 922. The summed E-state index contributed by atoms with van der Waals surface area (Å²) in [7, 11) is -1.89. The minimum absolute atomic E-state index is 0.134. The largest absolute Gasteiger partial charge is 0.487 e. The van der Waals surface area contributed by atoms with Crippen LogP contribution in [-0.4, -0.2) is 41.7 Å². The van der Waals surface area contributed by atoms with Crippen molar-refractivity contribution in [1.29, 1.82) is 0 Å². The number of piperidine rings is 1. The van der Waals surface area contributed by atoms with Crippen LogP contribution < -0.4 is 4.74 Å². The van der Waals surface area contributed by atoms with Gasteiger partial charge in [-0.25, -0.2) is 12.8 Å². The molecule has 26 heavy (non-hydrogen) atoms. The fraction of sp³-hybridized carbons (Fsp3) is 0.471. The first-order chi connectivity index (χ1) is 12.2. The summed E-state index contributed by atoms with van der Waals surface area (Å²) in [6, 6.07) is 4.25. The minimum atomic E-state index is -3.61. The van der Waals surface area contributed by atoms with Gasteiger partial charge >= 0.3 is 0 Å². The van der Waals surface area contributed by atoms with Crippen LogP contribution in [0.1, 0.15) is 24.2 Å². The third kappa shape index (κ3) is 3.58. The van der Waals surface area contributed by atoms with Crippen molar-refractivity contribution in [2.24, 2.45) is 7.05 Å². The first-order valence-electron chi connectivity index (χ1n) is 8.32. The molecule has 0 atom stereocenters. The molecular weight excluding hydrogens is 381 g/mol. The number of hydrogen-bond donors (Lipinski definition) is 0. The van der Waals surface area contributed by atoms with Gasteiger partial charge in [0.05, 0.1) is 11.4 Å². The van der Waals surface area contributed by atoms with Gasteiger partial charge in [-0.15, -0.1) is 0 Å². The minimum Gasteiger partial charge on any atom is -0.487 e. The second-order valence-electron chi connectivity index (χ2n) is 6.42. The van der Waals surface area contributed by atoms with Gasteiger partial charge in [-0.1, -0.05) is 11.6 Å². The number of ether oxygens (including phenoxy) is 1. The molecule has 0 spiro atoms. The molecule has 1 saturated heterocycles. The van der Waals surface area contributed by atoms with Crippen molar-refractivity contribution < 1.29 is 17.5 Å². The molecule has 2 aromatic rings. The molecule has 142 valence electrons. The molecule has 1 fully saturated rings. The summed E-state index contributed by atoms with van der Waals surface area (Å²) in [4.78, 5) is 0.267. The maximum Gasteiger partial charge on any atom is 0.246 e. The quantitative estimate of drug-likeness (QED) is 0.789. The number of aryl methyl sites for hydroxylation is 2. The Labute approximate surface area is 157 Å². The van der Waals surface area contributed by atoms with E-state index in [9.17, 15) is 12.8 Å². The van der Waals surface area contributed by atoms with Crippen LogP contribution in [0.2, 0.25) is 5.02 Å². The van der Waals surface area contributed by atoms with E-state index in [1.807, 2.05) is 0 Å². The smallest absolute Gasteiger partial charge is 0.246 e. The molecule has 0 N–H and O–H groups in total. The van der Waals surface area contributed by atoms with Crippen molar-refractivity contribution in [1.82, 2.24) is 14.1 Å². The zero-order valence-corrected chi connectivity index (χ0v) is 16.4. The summed E-state index contributed by atoms with van der Waals surface area (Å²) in [5.74, 6) is -0.385. The molecule has 0 aliphatic carbocycles. The van der Waals surface area contributed by atoms with Crippen LogP contribution in [0.5, 0.6) is 5.75 Å². The molecule has 6 nitrogen and oxygen atoms in total. The molecule has 1 aromatic carbocycles. The Hall–Kier alpha value is -1.64. The van der Waals surface area contributed by atoms with Gasteiger partial charge < -0.3 is 4.74 Å². The summed E-state index contributed by atoms with van der Waals surface area (Å²) in [5.41, 5.74) is 1.11. The Morgan fingerprint density at radius 3 is 2.46 bits per heavy atom. The van der Waals surface area contributed by atoms with Gasteiger partial charge in [0.25, 0.3) is 0 Å². The van der Waals surface area contributed by atoms with Gasteiger partial charge in [0, 0.05) is 25.2 Å². The van der Waals surface area contributed by atoms with E-state index >= 15 is 0 Å². The van der Waals surface area contributed by atoms with Crippen molar-refractivity contribution in [3.63, 3.8) is 0 Å².